The Balaban J connectivity index is 2.33. The van der Waals surface area contributed by atoms with Crippen molar-refractivity contribution in [1.82, 2.24) is 5.32 Å². The third kappa shape index (κ3) is 4.18. The predicted molar refractivity (Wildman–Crippen MR) is 57.6 cm³/mol. The summed E-state index contributed by atoms with van der Waals surface area (Å²) in [5.41, 5.74) is 0. The zero-order chi connectivity index (χ0) is 11.3. The van der Waals surface area contributed by atoms with Gasteiger partial charge in [-0.2, -0.15) is 0 Å². The van der Waals surface area contributed by atoms with E-state index in [1.807, 2.05) is 13.8 Å². The molecule has 1 fully saturated rings. The van der Waals surface area contributed by atoms with Crippen molar-refractivity contribution >= 4 is 5.97 Å². The van der Waals surface area contributed by atoms with Gasteiger partial charge in [-0.25, -0.2) is 0 Å². The normalized spacial score (nSPS) is 19.7. The molecule has 1 aliphatic carbocycles. The highest BCUT2D eigenvalue weighted by atomic mass is 16.5. The van der Waals surface area contributed by atoms with E-state index in [0.29, 0.717) is 19.1 Å². The minimum absolute atomic E-state index is 0.148. The van der Waals surface area contributed by atoms with Crippen molar-refractivity contribution in [3.63, 3.8) is 0 Å². The Morgan fingerprint density at radius 3 is 2.67 bits per heavy atom. The van der Waals surface area contributed by atoms with E-state index in [9.17, 15) is 4.79 Å². The Hall–Kier alpha value is -0.610. The summed E-state index contributed by atoms with van der Waals surface area (Å²) < 4.78 is 10.1. The Bertz CT molecular complexity index is 204. The van der Waals surface area contributed by atoms with Gasteiger partial charge in [-0.15, -0.1) is 0 Å². The molecule has 2 unspecified atom stereocenters. The maximum atomic E-state index is 11.5. The molecule has 15 heavy (non-hydrogen) atoms. The van der Waals surface area contributed by atoms with Gasteiger partial charge in [0, 0.05) is 12.6 Å². The SMILES string of the molecule is CCOCC(C)NC(C(=O)OC)C1CC1. The van der Waals surface area contributed by atoms with E-state index in [4.69, 9.17) is 9.47 Å². The number of rotatable bonds is 7. The van der Waals surface area contributed by atoms with E-state index < -0.39 is 0 Å². The largest absolute Gasteiger partial charge is 0.468 e. The number of hydrogen-bond donors (Lipinski definition) is 1. The topological polar surface area (TPSA) is 47.6 Å². The van der Waals surface area contributed by atoms with Crippen molar-refractivity contribution in [3.8, 4) is 0 Å². The van der Waals surface area contributed by atoms with Crippen molar-refractivity contribution < 1.29 is 14.3 Å². The van der Waals surface area contributed by atoms with Crippen molar-refractivity contribution in [1.29, 1.82) is 0 Å². The first-order valence-corrected chi connectivity index (χ1v) is 5.60. The lowest BCUT2D eigenvalue weighted by Crippen LogP contribution is -2.46. The van der Waals surface area contributed by atoms with E-state index in [2.05, 4.69) is 5.32 Å². The minimum atomic E-state index is -0.152. The van der Waals surface area contributed by atoms with Crippen LogP contribution in [-0.2, 0) is 14.3 Å². The highest BCUT2D eigenvalue weighted by Gasteiger charge is 2.37. The Kier molecular flexibility index (Phi) is 5.05. The van der Waals surface area contributed by atoms with E-state index in [1.54, 1.807) is 0 Å². The molecule has 0 radical (unpaired) electrons. The summed E-state index contributed by atoms with van der Waals surface area (Å²) in [5, 5.41) is 3.26. The molecule has 0 spiro atoms. The average Bonchev–Trinajstić information content (AvgIpc) is 3.05. The fourth-order valence-corrected chi connectivity index (χ4v) is 1.60. The molecule has 1 N–H and O–H groups in total. The van der Waals surface area contributed by atoms with Crippen LogP contribution in [0.1, 0.15) is 26.7 Å². The lowest BCUT2D eigenvalue weighted by molar-refractivity contribution is -0.144. The van der Waals surface area contributed by atoms with Crippen LogP contribution in [0.15, 0.2) is 0 Å². The van der Waals surface area contributed by atoms with E-state index >= 15 is 0 Å². The first-order chi connectivity index (χ1) is 7.19. The molecule has 0 aromatic heterocycles. The number of methoxy groups -OCH3 is 1. The summed E-state index contributed by atoms with van der Waals surface area (Å²) in [6, 6.07) is 0.0418. The van der Waals surface area contributed by atoms with Gasteiger partial charge in [-0.3, -0.25) is 10.1 Å². The molecular formula is C11H21NO3. The van der Waals surface area contributed by atoms with Gasteiger partial charge < -0.3 is 9.47 Å². The summed E-state index contributed by atoms with van der Waals surface area (Å²) in [7, 11) is 1.44. The number of carbonyl (C=O) groups is 1. The van der Waals surface area contributed by atoms with Crippen LogP contribution in [0, 0.1) is 5.92 Å². The summed E-state index contributed by atoms with van der Waals surface area (Å²) in [6.45, 7) is 5.33. The van der Waals surface area contributed by atoms with Gasteiger partial charge in [0.1, 0.15) is 6.04 Å². The highest BCUT2D eigenvalue weighted by Crippen LogP contribution is 2.33. The fraction of sp³-hybridized carbons (Fsp3) is 0.909. The van der Waals surface area contributed by atoms with Crippen molar-refractivity contribution in [2.45, 2.75) is 38.8 Å². The quantitative estimate of drug-likeness (QED) is 0.642. The molecule has 0 aromatic carbocycles. The van der Waals surface area contributed by atoms with Crippen LogP contribution >= 0.6 is 0 Å². The second-order valence-electron chi connectivity index (χ2n) is 4.07. The summed E-state index contributed by atoms with van der Waals surface area (Å²) in [6.07, 6.45) is 2.24. The number of nitrogens with one attached hydrogen (secondary N) is 1. The van der Waals surface area contributed by atoms with Crippen molar-refractivity contribution in [3.05, 3.63) is 0 Å². The van der Waals surface area contributed by atoms with Crippen LogP contribution in [0.25, 0.3) is 0 Å². The monoisotopic (exact) mass is 215 g/mol. The molecule has 0 heterocycles. The molecule has 1 aliphatic rings. The van der Waals surface area contributed by atoms with Crippen LogP contribution < -0.4 is 5.32 Å². The maximum Gasteiger partial charge on any atom is 0.323 e. The maximum absolute atomic E-state index is 11.5. The lowest BCUT2D eigenvalue weighted by Gasteiger charge is -2.20. The van der Waals surface area contributed by atoms with Gasteiger partial charge in [0.15, 0.2) is 0 Å². The standard InChI is InChI=1S/C11H21NO3/c1-4-15-7-8(2)12-10(9-5-6-9)11(13)14-3/h8-10,12H,4-7H2,1-3H3. The first kappa shape index (κ1) is 12.5. The molecular weight excluding hydrogens is 194 g/mol. The second kappa shape index (κ2) is 6.08. The van der Waals surface area contributed by atoms with Crippen LogP contribution in [-0.4, -0.2) is 38.4 Å². The number of carbonyl (C=O) groups excluding carboxylic acids is 1. The van der Waals surface area contributed by atoms with Gasteiger partial charge in [0.05, 0.1) is 13.7 Å². The molecule has 2 atom stereocenters. The first-order valence-electron chi connectivity index (χ1n) is 5.60. The predicted octanol–water partition coefficient (Wildman–Crippen LogP) is 0.953. The molecule has 1 rings (SSSR count). The van der Waals surface area contributed by atoms with Crippen LogP contribution in [0.2, 0.25) is 0 Å². The number of ether oxygens (including phenoxy) is 2. The van der Waals surface area contributed by atoms with Gasteiger partial charge in [0.2, 0.25) is 0 Å². The van der Waals surface area contributed by atoms with Crippen molar-refractivity contribution in [2.24, 2.45) is 5.92 Å². The Morgan fingerprint density at radius 2 is 2.20 bits per heavy atom. The lowest BCUT2D eigenvalue weighted by atomic mass is 10.1. The molecule has 1 saturated carbocycles. The molecule has 0 bridgehead atoms. The molecule has 0 aliphatic heterocycles. The zero-order valence-corrected chi connectivity index (χ0v) is 9.79. The second-order valence-corrected chi connectivity index (χ2v) is 4.07. The Morgan fingerprint density at radius 1 is 1.53 bits per heavy atom. The molecule has 4 heteroatoms. The summed E-state index contributed by atoms with van der Waals surface area (Å²) >= 11 is 0. The third-order valence-corrected chi connectivity index (χ3v) is 2.58. The van der Waals surface area contributed by atoms with Gasteiger partial charge in [-0.1, -0.05) is 0 Å². The van der Waals surface area contributed by atoms with Crippen LogP contribution in [0.3, 0.4) is 0 Å². The summed E-state index contributed by atoms with van der Waals surface area (Å²) in [4.78, 5) is 11.5. The van der Waals surface area contributed by atoms with E-state index in [-0.39, 0.29) is 18.1 Å². The molecule has 4 nitrogen and oxygen atoms in total. The minimum Gasteiger partial charge on any atom is -0.468 e. The third-order valence-electron chi connectivity index (χ3n) is 2.58. The smallest absolute Gasteiger partial charge is 0.323 e. The number of esters is 1. The average molecular weight is 215 g/mol. The fourth-order valence-electron chi connectivity index (χ4n) is 1.60. The van der Waals surface area contributed by atoms with E-state index in [0.717, 1.165) is 12.8 Å². The van der Waals surface area contributed by atoms with Gasteiger partial charge in [-0.05, 0) is 32.6 Å². The number of hydrogen-bond acceptors (Lipinski definition) is 4. The van der Waals surface area contributed by atoms with Gasteiger partial charge >= 0.3 is 5.97 Å². The molecule has 0 aromatic rings. The molecule has 0 saturated heterocycles. The molecule has 88 valence electrons. The van der Waals surface area contributed by atoms with Crippen molar-refractivity contribution in [2.75, 3.05) is 20.3 Å². The van der Waals surface area contributed by atoms with Gasteiger partial charge in [0.25, 0.3) is 0 Å². The van der Waals surface area contributed by atoms with Crippen LogP contribution in [0.4, 0.5) is 0 Å². The summed E-state index contributed by atoms with van der Waals surface area (Å²) in [5.74, 6) is 0.308. The van der Waals surface area contributed by atoms with E-state index in [1.165, 1.54) is 7.11 Å². The highest BCUT2D eigenvalue weighted by molar-refractivity contribution is 5.76. The molecule has 0 amide bonds. The Labute approximate surface area is 91.3 Å². The van der Waals surface area contributed by atoms with Crippen LogP contribution in [0.5, 0.6) is 0 Å². The zero-order valence-electron chi connectivity index (χ0n) is 9.79.